The van der Waals surface area contributed by atoms with E-state index < -0.39 is 0 Å². The molecule has 0 saturated heterocycles. The van der Waals surface area contributed by atoms with Crippen LogP contribution in [0.1, 0.15) is 16.8 Å². The maximum Gasteiger partial charge on any atom is 0.226 e. The van der Waals surface area contributed by atoms with Gasteiger partial charge in [0.1, 0.15) is 17.8 Å². The van der Waals surface area contributed by atoms with E-state index in [1.165, 1.54) is 17.7 Å². The lowest BCUT2D eigenvalue weighted by Crippen LogP contribution is -2.39. The first-order valence-electron chi connectivity index (χ1n) is 9.87. The molecule has 3 rings (SSSR count). The summed E-state index contributed by atoms with van der Waals surface area (Å²) in [5.41, 5.74) is 3.91. The fourth-order valence-corrected chi connectivity index (χ4v) is 3.02. The summed E-state index contributed by atoms with van der Waals surface area (Å²) < 4.78 is 23.9. The molecule has 0 amide bonds. The Bertz CT molecular complexity index is 983. The van der Waals surface area contributed by atoms with Gasteiger partial charge in [-0.25, -0.2) is 9.37 Å². The van der Waals surface area contributed by atoms with Gasteiger partial charge in [0.05, 0.1) is 12.8 Å². The van der Waals surface area contributed by atoms with Gasteiger partial charge in [-0.3, -0.25) is 4.99 Å². The Morgan fingerprint density at radius 1 is 1.10 bits per heavy atom. The van der Waals surface area contributed by atoms with Crippen LogP contribution in [0.4, 0.5) is 4.39 Å². The van der Waals surface area contributed by atoms with Crippen LogP contribution in [0.25, 0.3) is 11.5 Å². The molecule has 2 aromatic carbocycles. The van der Waals surface area contributed by atoms with Crippen LogP contribution in [0.5, 0.6) is 5.75 Å². The lowest BCUT2D eigenvalue weighted by Gasteiger charge is -2.12. The van der Waals surface area contributed by atoms with E-state index in [9.17, 15) is 4.39 Å². The molecule has 0 unspecified atom stereocenters. The van der Waals surface area contributed by atoms with Gasteiger partial charge in [-0.1, -0.05) is 12.1 Å². The molecule has 30 heavy (non-hydrogen) atoms. The van der Waals surface area contributed by atoms with Crippen molar-refractivity contribution in [3.8, 4) is 17.2 Å². The van der Waals surface area contributed by atoms with Crippen molar-refractivity contribution < 1.29 is 13.5 Å². The summed E-state index contributed by atoms with van der Waals surface area (Å²) in [7, 11) is 3.43. The van der Waals surface area contributed by atoms with Gasteiger partial charge in [0.25, 0.3) is 0 Å². The number of nitrogens with one attached hydrogen (secondary N) is 2. The Kier molecular flexibility index (Phi) is 7.43. The number of aliphatic imine (C=N–C) groups is 1. The van der Waals surface area contributed by atoms with Crippen molar-refractivity contribution in [1.29, 1.82) is 0 Å². The summed E-state index contributed by atoms with van der Waals surface area (Å²) >= 11 is 0. The minimum Gasteiger partial charge on any atom is -0.496 e. The summed E-state index contributed by atoms with van der Waals surface area (Å²) in [5.74, 6) is 1.84. The van der Waals surface area contributed by atoms with Crippen LogP contribution in [-0.4, -0.2) is 38.2 Å². The van der Waals surface area contributed by atoms with Gasteiger partial charge >= 0.3 is 0 Å². The zero-order valence-corrected chi connectivity index (χ0v) is 17.5. The van der Waals surface area contributed by atoms with Crippen LogP contribution in [0, 0.1) is 12.7 Å². The van der Waals surface area contributed by atoms with Crippen LogP contribution >= 0.6 is 0 Å². The fraction of sp³-hybridized carbons (Fsp3) is 0.304. The van der Waals surface area contributed by atoms with Crippen molar-refractivity contribution in [2.45, 2.75) is 19.8 Å². The molecule has 158 valence electrons. The Morgan fingerprint density at radius 2 is 1.83 bits per heavy atom. The molecule has 0 fully saturated rings. The van der Waals surface area contributed by atoms with Gasteiger partial charge in [-0.05, 0) is 54.8 Å². The third kappa shape index (κ3) is 5.83. The Hall–Kier alpha value is -3.35. The monoisotopic (exact) mass is 410 g/mol. The molecule has 6 nitrogen and oxygen atoms in total. The number of aryl methyl sites for hydroxylation is 1. The first kappa shape index (κ1) is 21.4. The van der Waals surface area contributed by atoms with E-state index in [1.54, 1.807) is 32.6 Å². The van der Waals surface area contributed by atoms with E-state index in [0.717, 1.165) is 41.5 Å². The number of benzene rings is 2. The average molecular weight is 410 g/mol. The van der Waals surface area contributed by atoms with Gasteiger partial charge in [0.15, 0.2) is 5.96 Å². The summed E-state index contributed by atoms with van der Waals surface area (Å²) in [4.78, 5) is 8.71. The standard InChI is InChI=1S/C23H27FN4O2/c1-16-4-5-17(14-21(16)29-3)10-12-26-23(25-2)27-13-11-20-15-30-22(28-20)18-6-8-19(24)9-7-18/h4-9,14-15H,10-13H2,1-3H3,(H2,25,26,27). The number of hydrogen-bond donors (Lipinski definition) is 2. The first-order chi connectivity index (χ1) is 14.6. The predicted octanol–water partition coefficient (Wildman–Crippen LogP) is 3.75. The van der Waals surface area contributed by atoms with Crippen molar-refractivity contribution >= 4 is 5.96 Å². The minimum absolute atomic E-state index is 0.282. The quantitative estimate of drug-likeness (QED) is 0.437. The van der Waals surface area contributed by atoms with E-state index in [2.05, 4.69) is 38.8 Å². The molecule has 1 heterocycles. The molecule has 2 N–H and O–H groups in total. The highest BCUT2D eigenvalue weighted by molar-refractivity contribution is 5.79. The SMILES string of the molecule is CN=C(NCCc1ccc(C)c(OC)c1)NCCc1coc(-c2ccc(F)cc2)n1. The minimum atomic E-state index is -0.282. The van der Waals surface area contributed by atoms with Crippen LogP contribution < -0.4 is 15.4 Å². The van der Waals surface area contributed by atoms with E-state index >= 15 is 0 Å². The summed E-state index contributed by atoms with van der Waals surface area (Å²) in [5, 5.41) is 6.59. The maximum absolute atomic E-state index is 13.0. The molecule has 0 saturated carbocycles. The summed E-state index contributed by atoms with van der Waals surface area (Å²) in [6.07, 6.45) is 3.17. The summed E-state index contributed by atoms with van der Waals surface area (Å²) in [6, 6.07) is 12.3. The van der Waals surface area contributed by atoms with Gasteiger partial charge in [0, 0.05) is 32.1 Å². The molecule has 0 atom stereocenters. The zero-order valence-electron chi connectivity index (χ0n) is 17.5. The Morgan fingerprint density at radius 3 is 2.53 bits per heavy atom. The van der Waals surface area contributed by atoms with Crippen molar-refractivity contribution in [3.63, 3.8) is 0 Å². The smallest absolute Gasteiger partial charge is 0.226 e. The highest BCUT2D eigenvalue weighted by Gasteiger charge is 2.07. The molecular weight excluding hydrogens is 383 g/mol. The molecule has 0 aliphatic rings. The molecule has 0 aliphatic carbocycles. The van der Waals surface area contributed by atoms with Gasteiger partial charge in [-0.2, -0.15) is 0 Å². The van der Waals surface area contributed by atoms with Crippen molar-refractivity contribution in [1.82, 2.24) is 15.6 Å². The molecule has 0 aliphatic heterocycles. The van der Waals surface area contributed by atoms with Crippen LogP contribution in [0.3, 0.4) is 0 Å². The number of halogens is 1. The lowest BCUT2D eigenvalue weighted by molar-refractivity contribution is 0.411. The molecule has 0 bridgehead atoms. The fourth-order valence-electron chi connectivity index (χ4n) is 3.02. The highest BCUT2D eigenvalue weighted by Crippen LogP contribution is 2.20. The number of hydrogen-bond acceptors (Lipinski definition) is 4. The molecule has 7 heteroatoms. The van der Waals surface area contributed by atoms with E-state index in [-0.39, 0.29) is 5.82 Å². The van der Waals surface area contributed by atoms with Crippen LogP contribution in [0.2, 0.25) is 0 Å². The van der Waals surface area contributed by atoms with E-state index in [1.807, 2.05) is 6.92 Å². The second-order valence-electron chi connectivity index (χ2n) is 6.88. The molecule has 3 aromatic rings. The van der Waals surface area contributed by atoms with Gasteiger partial charge in [-0.15, -0.1) is 0 Å². The second-order valence-corrected chi connectivity index (χ2v) is 6.88. The number of aromatic nitrogens is 1. The lowest BCUT2D eigenvalue weighted by atomic mass is 10.1. The number of rotatable bonds is 8. The predicted molar refractivity (Wildman–Crippen MR) is 116 cm³/mol. The third-order valence-corrected chi connectivity index (χ3v) is 4.72. The molecule has 0 radical (unpaired) electrons. The number of guanidine groups is 1. The van der Waals surface area contributed by atoms with Crippen LogP contribution in [-0.2, 0) is 12.8 Å². The van der Waals surface area contributed by atoms with Crippen molar-refractivity contribution in [2.24, 2.45) is 4.99 Å². The number of oxazole rings is 1. The zero-order chi connectivity index (χ0) is 21.3. The van der Waals surface area contributed by atoms with Gasteiger partial charge < -0.3 is 19.8 Å². The van der Waals surface area contributed by atoms with Crippen molar-refractivity contribution in [3.05, 3.63) is 71.4 Å². The Balaban J connectivity index is 1.43. The summed E-state index contributed by atoms with van der Waals surface area (Å²) in [6.45, 7) is 3.45. The van der Waals surface area contributed by atoms with E-state index in [0.29, 0.717) is 18.9 Å². The number of nitrogens with zero attached hydrogens (tertiary/aromatic N) is 2. The molecule has 0 spiro atoms. The highest BCUT2D eigenvalue weighted by atomic mass is 19.1. The molecule has 1 aromatic heterocycles. The maximum atomic E-state index is 13.0. The van der Waals surface area contributed by atoms with Gasteiger partial charge in [0.2, 0.25) is 5.89 Å². The Labute approximate surface area is 176 Å². The number of ether oxygens (including phenoxy) is 1. The number of methoxy groups -OCH3 is 1. The average Bonchev–Trinajstić information content (AvgIpc) is 3.23. The second kappa shape index (κ2) is 10.4. The topological polar surface area (TPSA) is 71.7 Å². The largest absolute Gasteiger partial charge is 0.496 e. The molecular formula is C23H27FN4O2. The van der Waals surface area contributed by atoms with Crippen LogP contribution in [0.15, 0.2) is 58.1 Å². The third-order valence-electron chi connectivity index (χ3n) is 4.72. The van der Waals surface area contributed by atoms with E-state index in [4.69, 9.17) is 9.15 Å². The first-order valence-corrected chi connectivity index (χ1v) is 9.87. The normalized spacial score (nSPS) is 11.4. The van der Waals surface area contributed by atoms with Crippen molar-refractivity contribution in [2.75, 3.05) is 27.2 Å².